The zero-order valence-corrected chi connectivity index (χ0v) is 13.7. The number of hydrogen-bond donors (Lipinski definition) is 1. The molecule has 0 spiro atoms. The minimum Gasteiger partial charge on any atom is -0.359 e. The number of allylic oxidation sites excluding steroid dienone is 1. The predicted molar refractivity (Wildman–Crippen MR) is 93.1 cm³/mol. The summed E-state index contributed by atoms with van der Waals surface area (Å²) in [4.78, 5) is 11.9. The molecule has 0 radical (unpaired) electrons. The number of carbonyl (C=O) groups excluding carboxylic acids is 1. The van der Waals surface area contributed by atoms with E-state index in [4.69, 9.17) is 4.74 Å². The van der Waals surface area contributed by atoms with Gasteiger partial charge in [-0.15, -0.1) is 0 Å². The SMILES string of the molecule is CC(C)=CCNC(=O)COC(c1ccccc1)c1ccccc1. The number of benzene rings is 2. The van der Waals surface area contributed by atoms with E-state index in [9.17, 15) is 4.79 Å². The maximum absolute atomic E-state index is 11.9. The predicted octanol–water partition coefficient (Wildman–Crippen LogP) is 3.88. The van der Waals surface area contributed by atoms with Crippen molar-refractivity contribution in [3.8, 4) is 0 Å². The van der Waals surface area contributed by atoms with Crippen molar-refractivity contribution in [2.75, 3.05) is 13.2 Å². The third-order valence-corrected chi connectivity index (χ3v) is 3.40. The Morgan fingerprint density at radius 2 is 1.52 bits per heavy atom. The van der Waals surface area contributed by atoms with Crippen molar-refractivity contribution in [1.82, 2.24) is 5.32 Å². The monoisotopic (exact) mass is 309 g/mol. The van der Waals surface area contributed by atoms with Gasteiger partial charge in [-0.05, 0) is 25.0 Å². The Morgan fingerprint density at radius 1 is 1.00 bits per heavy atom. The fourth-order valence-corrected chi connectivity index (χ4v) is 2.22. The van der Waals surface area contributed by atoms with Gasteiger partial charge in [-0.25, -0.2) is 0 Å². The molecule has 0 saturated carbocycles. The van der Waals surface area contributed by atoms with Gasteiger partial charge in [-0.2, -0.15) is 0 Å². The summed E-state index contributed by atoms with van der Waals surface area (Å²) in [5, 5.41) is 2.83. The second-order valence-corrected chi connectivity index (χ2v) is 5.60. The molecule has 120 valence electrons. The number of carbonyl (C=O) groups is 1. The van der Waals surface area contributed by atoms with Gasteiger partial charge in [0.15, 0.2) is 0 Å². The first-order chi connectivity index (χ1) is 11.2. The first kappa shape index (κ1) is 17.0. The molecule has 3 nitrogen and oxygen atoms in total. The number of hydrogen-bond acceptors (Lipinski definition) is 2. The lowest BCUT2D eigenvalue weighted by Crippen LogP contribution is -2.28. The third kappa shape index (κ3) is 5.72. The van der Waals surface area contributed by atoms with Crippen LogP contribution in [0, 0.1) is 0 Å². The van der Waals surface area contributed by atoms with Gasteiger partial charge < -0.3 is 10.1 Å². The fraction of sp³-hybridized carbons (Fsp3) is 0.250. The Kier molecular flexibility index (Phi) is 6.57. The first-order valence-electron chi connectivity index (χ1n) is 7.78. The minimum absolute atomic E-state index is 0.0328. The number of ether oxygens (including phenoxy) is 1. The van der Waals surface area contributed by atoms with Crippen molar-refractivity contribution in [2.24, 2.45) is 0 Å². The summed E-state index contributed by atoms with van der Waals surface area (Å²) in [6.45, 7) is 4.57. The Morgan fingerprint density at radius 3 is 2.00 bits per heavy atom. The highest BCUT2D eigenvalue weighted by Crippen LogP contribution is 2.25. The molecule has 0 aromatic heterocycles. The average molecular weight is 309 g/mol. The topological polar surface area (TPSA) is 38.3 Å². The van der Waals surface area contributed by atoms with Gasteiger partial charge in [0.1, 0.15) is 12.7 Å². The molecule has 0 fully saturated rings. The minimum atomic E-state index is -0.244. The molecule has 0 heterocycles. The highest BCUT2D eigenvalue weighted by atomic mass is 16.5. The summed E-state index contributed by atoms with van der Waals surface area (Å²) in [6.07, 6.45) is 1.73. The van der Waals surface area contributed by atoms with Gasteiger partial charge in [0, 0.05) is 6.54 Å². The Hall–Kier alpha value is -2.39. The Labute approximate surface area is 138 Å². The zero-order valence-electron chi connectivity index (χ0n) is 13.7. The third-order valence-electron chi connectivity index (χ3n) is 3.40. The van der Waals surface area contributed by atoms with Gasteiger partial charge in [0.2, 0.25) is 5.91 Å². The molecule has 23 heavy (non-hydrogen) atoms. The van der Waals surface area contributed by atoms with E-state index in [1.165, 1.54) is 5.57 Å². The standard InChI is InChI=1S/C20H23NO2/c1-16(2)13-14-21-19(22)15-23-20(17-9-5-3-6-10-17)18-11-7-4-8-12-18/h3-13,20H,14-15H2,1-2H3,(H,21,22). The van der Waals surface area contributed by atoms with E-state index in [-0.39, 0.29) is 18.6 Å². The molecule has 0 aliphatic carbocycles. The van der Waals surface area contributed by atoms with Gasteiger partial charge >= 0.3 is 0 Å². The van der Waals surface area contributed by atoms with Crippen LogP contribution >= 0.6 is 0 Å². The Balaban J connectivity index is 2.02. The van der Waals surface area contributed by atoms with E-state index >= 15 is 0 Å². The molecule has 0 atom stereocenters. The molecule has 0 aliphatic rings. The van der Waals surface area contributed by atoms with E-state index in [0.29, 0.717) is 6.54 Å². The quantitative estimate of drug-likeness (QED) is 0.788. The van der Waals surface area contributed by atoms with Crippen molar-refractivity contribution in [3.63, 3.8) is 0 Å². The van der Waals surface area contributed by atoms with Crippen LogP contribution in [0.3, 0.4) is 0 Å². The van der Waals surface area contributed by atoms with Crippen LogP contribution in [0.1, 0.15) is 31.1 Å². The normalized spacial score (nSPS) is 10.4. The van der Waals surface area contributed by atoms with E-state index in [1.54, 1.807) is 0 Å². The second kappa shape index (κ2) is 8.91. The van der Waals surface area contributed by atoms with Crippen molar-refractivity contribution in [3.05, 3.63) is 83.4 Å². The number of nitrogens with one attached hydrogen (secondary N) is 1. The summed E-state index contributed by atoms with van der Waals surface area (Å²) in [5.74, 6) is -0.112. The van der Waals surface area contributed by atoms with E-state index in [0.717, 1.165) is 11.1 Å². The molecule has 0 unspecified atom stereocenters. The van der Waals surface area contributed by atoms with Crippen molar-refractivity contribution < 1.29 is 9.53 Å². The second-order valence-electron chi connectivity index (χ2n) is 5.60. The molecule has 0 aliphatic heterocycles. The van der Waals surface area contributed by atoms with Crippen molar-refractivity contribution in [1.29, 1.82) is 0 Å². The summed E-state index contributed by atoms with van der Waals surface area (Å²) >= 11 is 0. The Bertz CT molecular complexity index is 592. The lowest BCUT2D eigenvalue weighted by atomic mass is 10.0. The number of rotatable bonds is 7. The highest BCUT2D eigenvalue weighted by Gasteiger charge is 2.15. The van der Waals surface area contributed by atoms with Crippen LogP contribution < -0.4 is 5.32 Å². The molecule has 2 rings (SSSR count). The lowest BCUT2D eigenvalue weighted by molar-refractivity contribution is -0.126. The highest BCUT2D eigenvalue weighted by molar-refractivity contribution is 5.77. The summed E-state index contributed by atoms with van der Waals surface area (Å²) < 4.78 is 5.90. The molecule has 0 bridgehead atoms. The van der Waals surface area contributed by atoms with Gasteiger partial charge in [0.05, 0.1) is 0 Å². The zero-order chi connectivity index (χ0) is 16.5. The average Bonchev–Trinajstić information content (AvgIpc) is 2.57. The largest absolute Gasteiger partial charge is 0.359 e. The van der Waals surface area contributed by atoms with E-state index in [2.05, 4.69) is 5.32 Å². The van der Waals surface area contributed by atoms with Crippen LogP contribution in [0.5, 0.6) is 0 Å². The molecule has 0 saturated heterocycles. The molecule has 2 aromatic carbocycles. The van der Waals surface area contributed by atoms with Gasteiger partial charge in [-0.3, -0.25) is 4.79 Å². The number of amides is 1. The molecular formula is C20H23NO2. The summed E-state index contributed by atoms with van der Waals surface area (Å²) in [5.41, 5.74) is 3.25. The molecule has 3 heteroatoms. The van der Waals surface area contributed by atoms with Gasteiger partial charge in [0.25, 0.3) is 0 Å². The van der Waals surface area contributed by atoms with E-state index < -0.39 is 0 Å². The first-order valence-corrected chi connectivity index (χ1v) is 7.78. The van der Waals surface area contributed by atoms with Crippen molar-refractivity contribution in [2.45, 2.75) is 20.0 Å². The molecule has 1 N–H and O–H groups in total. The maximum atomic E-state index is 11.9. The van der Waals surface area contributed by atoms with E-state index in [1.807, 2.05) is 80.6 Å². The van der Waals surface area contributed by atoms with Crippen LogP contribution in [0.2, 0.25) is 0 Å². The summed E-state index contributed by atoms with van der Waals surface area (Å²) in [6, 6.07) is 19.9. The van der Waals surface area contributed by atoms with Gasteiger partial charge in [-0.1, -0.05) is 72.3 Å². The van der Waals surface area contributed by atoms with Crippen LogP contribution in [0.15, 0.2) is 72.3 Å². The fourth-order valence-electron chi connectivity index (χ4n) is 2.22. The molecule has 2 aromatic rings. The van der Waals surface area contributed by atoms with Crippen LogP contribution in [-0.2, 0) is 9.53 Å². The van der Waals surface area contributed by atoms with Crippen LogP contribution in [0.25, 0.3) is 0 Å². The molecular weight excluding hydrogens is 286 g/mol. The van der Waals surface area contributed by atoms with Crippen LogP contribution in [0.4, 0.5) is 0 Å². The maximum Gasteiger partial charge on any atom is 0.246 e. The van der Waals surface area contributed by atoms with Crippen molar-refractivity contribution >= 4 is 5.91 Å². The molecule has 1 amide bonds. The smallest absolute Gasteiger partial charge is 0.246 e. The lowest BCUT2D eigenvalue weighted by Gasteiger charge is -2.18. The van der Waals surface area contributed by atoms with Crippen LogP contribution in [-0.4, -0.2) is 19.1 Å². The summed E-state index contributed by atoms with van der Waals surface area (Å²) in [7, 11) is 0.